The van der Waals surface area contributed by atoms with Gasteiger partial charge in [-0.1, -0.05) is 163 Å². The van der Waals surface area contributed by atoms with Gasteiger partial charge in [0.1, 0.15) is 0 Å². The van der Waals surface area contributed by atoms with Crippen LogP contribution in [0.3, 0.4) is 0 Å². The van der Waals surface area contributed by atoms with Crippen LogP contribution in [0.4, 0.5) is 0 Å². The highest BCUT2D eigenvalue weighted by atomic mass is 15.2. The Hall–Kier alpha value is -7.63. The number of aromatic nitrogens is 5. The van der Waals surface area contributed by atoms with E-state index in [2.05, 4.69) is 15.0 Å². The Morgan fingerprint density at radius 3 is 1.38 bits per heavy atom. The van der Waals surface area contributed by atoms with E-state index in [0.717, 1.165) is 20.3 Å². The van der Waals surface area contributed by atoms with E-state index in [9.17, 15) is 6.85 Å². The van der Waals surface area contributed by atoms with Gasteiger partial charge in [0.2, 0.25) is 5.95 Å². The SMILES string of the molecule is [2H]c1c([2H])c(-c2c([2H])c([2H])c(-c3nc(-c4ccc(-c5ccccc5)cc4)nc(-n4c5c([2H])c([2H])c([2H])c([2H])c5c5c([2H])c([2H])c([2H])c([2H])c54)n3)c([2H])c2[2H])c([2H])c(-n2c3c([2H])c([2H])c([2H])c([2H])c3c3c([2H])c([2H])c([2H])c([2H])c32)c1[2H]. The summed E-state index contributed by atoms with van der Waals surface area (Å²) in [6.45, 7) is 0. The van der Waals surface area contributed by atoms with Gasteiger partial charge in [-0.05, 0) is 58.5 Å². The largest absolute Gasteiger partial charge is 0.309 e. The zero-order chi connectivity index (χ0) is 57.9. The molecule has 3 aromatic heterocycles. The molecule has 0 radical (unpaired) electrons. The fourth-order valence-electron chi connectivity index (χ4n) is 6.53. The lowest BCUT2D eigenvalue weighted by Gasteiger charge is -2.12. The normalized spacial score (nSPS) is 17.6. The number of fused-ring (bicyclic) bond motifs is 6. The molecule has 0 N–H and O–H groups in total. The Kier molecular flexibility index (Phi) is 3.73. The molecule has 5 nitrogen and oxygen atoms in total. The summed E-state index contributed by atoms with van der Waals surface area (Å²) in [5, 5.41) is -1.52. The smallest absolute Gasteiger partial charge is 0.238 e. The van der Waals surface area contributed by atoms with Crippen LogP contribution in [0.2, 0.25) is 0 Å². The fraction of sp³-hybridized carbons (Fsp3) is 0. The first-order chi connectivity index (χ1) is 37.8. The third-order valence-corrected chi connectivity index (χ3v) is 9.07. The predicted octanol–water partition coefficient (Wildman–Crippen LogP) is 12.7. The summed E-state index contributed by atoms with van der Waals surface area (Å²) in [4.78, 5) is 13.9. The Labute approximate surface area is 357 Å². The number of hydrogen-bond donors (Lipinski definition) is 0. The summed E-state index contributed by atoms with van der Waals surface area (Å²) in [6.07, 6.45) is 0. The summed E-state index contributed by atoms with van der Waals surface area (Å²) in [6, 6.07) is -3.84. The number of nitrogens with zero attached hydrogens (tertiary/aromatic N) is 5. The minimum atomic E-state index is -0.990. The van der Waals surface area contributed by atoms with E-state index >= 15 is 0 Å². The Morgan fingerprint density at radius 2 is 0.804 bits per heavy atom. The van der Waals surface area contributed by atoms with Crippen LogP contribution in [0, 0.1) is 0 Å². The second-order valence-electron chi connectivity index (χ2n) is 12.3. The minimum absolute atomic E-state index is 0.235. The lowest BCUT2D eigenvalue weighted by atomic mass is 10.0. The molecule has 0 spiro atoms. The molecule has 262 valence electrons. The first kappa shape index (κ1) is 16.0. The second kappa shape index (κ2) is 13.0. The number of para-hydroxylation sites is 4. The van der Waals surface area contributed by atoms with Crippen molar-refractivity contribution in [3.63, 3.8) is 0 Å². The Balaban J connectivity index is 1.22. The van der Waals surface area contributed by atoms with Crippen LogP contribution in [0.1, 0.15) is 32.9 Å². The van der Waals surface area contributed by atoms with Crippen LogP contribution < -0.4 is 0 Å². The molecule has 3 heterocycles. The zero-order valence-corrected chi connectivity index (χ0v) is 28.4. The van der Waals surface area contributed by atoms with Crippen molar-refractivity contribution in [2.24, 2.45) is 0 Å². The summed E-state index contributed by atoms with van der Waals surface area (Å²) in [5.74, 6) is -1.42. The van der Waals surface area contributed by atoms with E-state index in [1.54, 1.807) is 24.3 Å². The molecule has 0 aliphatic carbocycles. The molecular formula is C51H33N5. The van der Waals surface area contributed by atoms with E-state index in [1.807, 2.05) is 30.3 Å². The van der Waals surface area contributed by atoms with Gasteiger partial charge in [0, 0.05) is 38.4 Å². The van der Waals surface area contributed by atoms with Crippen molar-refractivity contribution in [1.82, 2.24) is 24.1 Å². The van der Waals surface area contributed by atoms with Crippen LogP contribution in [0.15, 0.2) is 200 Å². The third-order valence-electron chi connectivity index (χ3n) is 9.07. The average Bonchev–Trinajstić information content (AvgIpc) is 4.23. The van der Waals surface area contributed by atoms with Gasteiger partial charge in [0.05, 0.1) is 55.0 Å². The van der Waals surface area contributed by atoms with E-state index < -0.39 is 212 Å². The highest BCUT2D eigenvalue weighted by molar-refractivity contribution is 6.10. The lowest BCUT2D eigenvalue weighted by molar-refractivity contribution is 0.953. The second-order valence-corrected chi connectivity index (χ2v) is 12.3. The van der Waals surface area contributed by atoms with E-state index in [4.69, 9.17) is 26.0 Å². The molecule has 8 aromatic carbocycles. The Bertz CT molecular complexity index is 4450. The molecule has 0 saturated carbocycles. The van der Waals surface area contributed by atoms with Gasteiger partial charge in [0.15, 0.2) is 11.6 Å². The summed E-state index contributed by atoms with van der Waals surface area (Å²) >= 11 is 0. The fourth-order valence-corrected chi connectivity index (χ4v) is 6.53. The third kappa shape index (κ3) is 5.29. The van der Waals surface area contributed by atoms with Crippen molar-refractivity contribution in [2.75, 3.05) is 0 Å². The van der Waals surface area contributed by atoms with E-state index in [0.29, 0.717) is 0 Å². The first-order valence-electron chi connectivity index (χ1n) is 28.9. The molecular weight excluding hydrogens is 683 g/mol. The van der Waals surface area contributed by atoms with Crippen LogP contribution in [-0.4, -0.2) is 24.1 Å². The highest BCUT2D eigenvalue weighted by Gasteiger charge is 2.18. The molecule has 0 aliphatic heterocycles. The quantitative estimate of drug-likeness (QED) is 0.171. The highest BCUT2D eigenvalue weighted by Crippen LogP contribution is 2.35. The molecule has 0 aliphatic rings. The average molecular weight is 740 g/mol. The maximum absolute atomic E-state index is 9.68. The molecule has 0 saturated heterocycles. The molecule has 0 amide bonds. The zero-order valence-electron chi connectivity index (χ0n) is 52.4. The van der Waals surface area contributed by atoms with Gasteiger partial charge >= 0.3 is 0 Å². The lowest BCUT2D eigenvalue weighted by Crippen LogP contribution is -2.06. The van der Waals surface area contributed by atoms with Gasteiger partial charge in [-0.15, -0.1) is 0 Å². The number of hydrogen-bond acceptors (Lipinski definition) is 3. The Morgan fingerprint density at radius 1 is 0.339 bits per heavy atom. The van der Waals surface area contributed by atoms with Crippen molar-refractivity contribution in [3.8, 4) is 56.7 Å². The summed E-state index contributed by atoms with van der Waals surface area (Å²) in [5.41, 5.74) is -3.06. The predicted molar refractivity (Wildman–Crippen MR) is 230 cm³/mol. The molecule has 11 rings (SSSR count). The topological polar surface area (TPSA) is 48.5 Å². The van der Waals surface area contributed by atoms with Crippen LogP contribution in [-0.2, 0) is 0 Å². The molecule has 5 heteroatoms. The molecule has 0 unspecified atom stereocenters. The monoisotopic (exact) mass is 739 g/mol. The van der Waals surface area contributed by atoms with E-state index in [1.165, 1.54) is 0 Å². The maximum Gasteiger partial charge on any atom is 0.238 e. The standard InChI is InChI=1S/C51H33N5/c1-2-13-34(14-3-1)35-25-29-37(30-26-35)49-52-50(54-51(53-49)56-47-23-10-6-19-43(47)44-20-7-11-24-48(44)56)38-31-27-36(28-32-38)39-15-12-16-40(33-39)55-45-21-8-4-17-41(45)42-18-5-9-22-46(42)55/h1-33H/i4D,5D,6D,7D,8D,9D,10D,11D,12D,15D,16D,17D,18D,19D,20D,21D,22D,23D,24D,27D,28D,31D,32D,33D. The van der Waals surface area contributed by atoms with Gasteiger partial charge in [-0.2, -0.15) is 9.97 Å². The van der Waals surface area contributed by atoms with Gasteiger partial charge in [0.25, 0.3) is 0 Å². The van der Waals surface area contributed by atoms with Crippen molar-refractivity contribution in [3.05, 3.63) is 200 Å². The summed E-state index contributed by atoms with van der Waals surface area (Å²) < 4.78 is 217. The number of benzene rings is 8. The van der Waals surface area contributed by atoms with Crippen molar-refractivity contribution >= 4 is 43.6 Å². The molecule has 0 atom stereocenters. The van der Waals surface area contributed by atoms with Gasteiger partial charge < -0.3 is 4.57 Å². The first-order valence-corrected chi connectivity index (χ1v) is 16.9. The molecule has 0 fully saturated rings. The van der Waals surface area contributed by atoms with Crippen molar-refractivity contribution in [1.29, 1.82) is 0 Å². The molecule has 0 bridgehead atoms. The number of rotatable bonds is 6. The van der Waals surface area contributed by atoms with Crippen molar-refractivity contribution < 1.29 is 32.9 Å². The molecule has 11 aromatic rings. The minimum Gasteiger partial charge on any atom is -0.309 e. The maximum atomic E-state index is 9.68. The van der Waals surface area contributed by atoms with Crippen molar-refractivity contribution in [2.45, 2.75) is 0 Å². The van der Waals surface area contributed by atoms with Gasteiger partial charge in [-0.3, -0.25) is 4.57 Å². The summed E-state index contributed by atoms with van der Waals surface area (Å²) in [7, 11) is 0. The van der Waals surface area contributed by atoms with Gasteiger partial charge in [-0.25, -0.2) is 4.98 Å². The molecule has 56 heavy (non-hydrogen) atoms. The van der Waals surface area contributed by atoms with Crippen LogP contribution >= 0.6 is 0 Å². The van der Waals surface area contributed by atoms with Crippen LogP contribution in [0.25, 0.3) is 100 Å². The van der Waals surface area contributed by atoms with E-state index in [-0.39, 0.29) is 22.2 Å². The van der Waals surface area contributed by atoms with Crippen LogP contribution in [0.5, 0.6) is 0 Å².